The highest BCUT2D eigenvalue weighted by atomic mass is 15.2. The molecule has 2 atom stereocenters. The molecule has 0 N–H and O–H groups in total. The Morgan fingerprint density at radius 1 is 1.30 bits per heavy atom. The van der Waals surface area contributed by atoms with E-state index in [0.717, 1.165) is 6.04 Å². The number of hydrogen-bond donors (Lipinski definition) is 0. The Labute approximate surface area is 63.4 Å². The molecule has 2 saturated heterocycles. The van der Waals surface area contributed by atoms with Crippen molar-refractivity contribution in [3.63, 3.8) is 0 Å². The lowest BCUT2D eigenvalue weighted by Crippen LogP contribution is -2.45. The molecule has 0 saturated carbocycles. The molecule has 2 fully saturated rings. The molecule has 0 aromatic carbocycles. The Morgan fingerprint density at radius 3 is 2.70 bits per heavy atom. The number of piperidine rings is 1. The summed E-state index contributed by atoms with van der Waals surface area (Å²) in [7, 11) is 2.30. The second kappa shape index (κ2) is 1.97. The molecule has 1 unspecified atom stereocenters. The van der Waals surface area contributed by atoms with Crippen molar-refractivity contribution in [1.29, 1.82) is 0 Å². The minimum Gasteiger partial charge on any atom is -0.298 e. The maximum absolute atomic E-state index is 2.61. The van der Waals surface area contributed by atoms with E-state index in [1.54, 1.807) is 0 Å². The van der Waals surface area contributed by atoms with Crippen LogP contribution in [0.5, 0.6) is 0 Å². The minimum absolute atomic E-state index is 0.586. The highest BCUT2D eigenvalue weighted by Gasteiger charge is 2.42. The summed E-state index contributed by atoms with van der Waals surface area (Å²) in [4.78, 5) is 2.61. The molecule has 58 valence electrons. The third-order valence-corrected chi connectivity index (χ3v) is 3.67. The van der Waals surface area contributed by atoms with Crippen LogP contribution in [0, 0.1) is 0 Å². The molecular formula is C9H17N. The SMILES string of the molecule is CN1C2CCC[C@@]1(C)CC2. The summed E-state index contributed by atoms with van der Waals surface area (Å²) >= 11 is 0. The van der Waals surface area contributed by atoms with Crippen LogP contribution < -0.4 is 0 Å². The fourth-order valence-corrected chi connectivity index (χ4v) is 2.65. The number of fused-ring (bicyclic) bond motifs is 2. The van der Waals surface area contributed by atoms with E-state index >= 15 is 0 Å². The van der Waals surface area contributed by atoms with Gasteiger partial charge in [0.15, 0.2) is 0 Å². The van der Waals surface area contributed by atoms with Crippen LogP contribution in [-0.4, -0.2) is 23.5 Å². The topological polar surface area (TPSA) is 3.24 Å². The van der Waals surface area contributed by atoms with E-state index in [-0.39, 0.29) is 0 Å². The van der Waals surface area contributed by atoms with Crippen LogP contribution in [0.1, 0.15) is 39.0 Å². The summed E-state index contributed by atoms with van der Waals surface area (Å²) in [5, 5.41) is 0. The van der Waals surface area contributed by atoms with Gasteiger partial charge in [-0.1, -0.05) is 6.42 Å². The second-order valence-corrected chi connectivity index (χ2v) is 4.19. The third kappa shape index (κ3) is 0.731. The molecule has 1 heteroatoms. The summed E-state index contributed by atoms with van der Waals surface area (Å²) < 4.78 is 0. The van der Waals surface area contributed by atoms with Crippen molar-refractivity contribution in [2.75, 3.05) is 7.05 Å². The third-order valence-electron chi connectivity index (χ3n) is 3.67. The summed E-state index contributed by atoms with van der Waals surface area (Å²) in [6, 6.07) is 0.929. The zero-order valence-electron chi connectivity index (χ0n) is 7.06. The molecule has 0 spiro atoms. The maximum atomic E-state index is 2.61. The molecule has 2 aliphatic heterocycles. The lowest BCUT2D eigenvalue weighted by molar-refractivity contribution is 0.0982. The van der Waals surface area contributed by atoms with Crippen LogP contribution in [-0.2, 0) is 0 Å². The second-order valence-electron chi connectivity index (χ2n) is 4.19. The molecule has 0 aromatic heterocycles. The molecule has 2 aliphatic rings. The predicted molar refractivity (Wildman–Crippen MR) is 43.0 cm³/mol. The minimum atomic E-state index is 0.586. The van der Waals surface area contributed by atoms with E-state index in [2.05, 4.69) is 18.9 Å². The van der Waals surface area contributed by atoms with Gasteiger partial charge in [0.05, 0.1) is 0 Å². The van der Waals surface area contributed by atoms with E-state index in [1.807, 2.05) is 0 Å². The standard InChI is InChI=1S/C9H17N/c1-9-6-3-4-8(5-7-9)10(9)2/h8H,3-7H2,1-2H3/t8?,9-/m0/s1. The Morgan fingerprint density at radius 2 is 2.10 bits per heavy atom. The summed E-state index contributed by atoms with van der Waals surface area (Å²) in [5.74, 6) is 0. The van der Waals surface area contributed by atoms with Crippen molar-refractivity contribution in [3.8, 4) is 0 Å². The lowest BCUT2D eigenvalue weighted by atomic mass is 9.91. The zero-order valence-corrected chi connectivity index (χ0v) is 7.06. The quantitative estimate of drug-likeness (QED) is 0.496. The van der Waals surface area contributed by atoms with Crippen molar-refractivity contribution in [3.05, 3.63) is 0 Å². The van der Waals surface area contributed by atoms with Crippen molar-refractivity contribution in [1.82, 2.24) is 4.90 Å². The molecule has 2 heterocycles. The average molecular weight is 139 g/mol. The predicted octanol–water partition coefficient (Wildman–Crippen LogP) is 2.02. The molecule has 1 nitrogen and oxygen atoms in total. The lowest BCUT2D eigenvalue weighted by Gasteiger charge is -2.39. The fraction of sp³-hybridized carbons (Fsp3) is 1.00. The molecule has 0 aromatic rings. The van der Waals surface area contributed by atoms with Gasteiger partial charge in [0.25, 0.3) is 0 Å². The molecule has 2 rings (SSSR count). The molecule has 0 radical (unpaired) electrons. The van der Waals surface area contributed by atoms with Crippen LogP contribution in [0.2, 0.25) is 0 Å². The first-order valence-corrected chi connectivity index (χ1v) is 4.45. The number of hydrogen-bond acceptors (Lipinski definition) is 1. The fourth-order valence-electron chi connectivity index (χ4n) is 2.65. The first kappa shape index (κ1) is 6.66. The summed E-state index contributed by atoms with van der Waals surface area (Å²) in [6.07, 6.45) is 7.23. The zero-order chi connectivity index (χ0) is 7.19. The van der Waals surface area contributed by atoms with Gasteiger partial charge in [-0.2, -0.15) is 0 Å². The van der Waals surface area contributed by atoms with Crippen LogP contribution in [0.15, 0.2) is 0 Å². The van der Waals surface area contributed by atoms with Gasteiger partial charge >= 0.3 is 0 Å². The monoisotopic (exact) mass is 139 g/mol. The van der Waals surface area contributed by atoms with Gasteiger partial charge in [-0.05, 0) is 39.7 Å². The summed E-state index contributed by atoms with van der Waals surface area (Å²) in [6.45, 7) is 2.42. The van der Waals surface area contributed by atoms with Crippen molar-refractivity contribution < 1.29 is 0 Å². The van der Waals surface area contributed by atoms with Gasteiger partial charge in [0.2, 0.25) is 0 Å². The van der Waals surface area contributed by atoms with E-state index in [4.69, 9.17) is 0 Å². The van der Waals surface area contributed by atoms with E-state index < -0.39 is 0 Å². The van der Waals surface area contributed by atoms with Crippen molar-refractivity contribution >= 4 is 0 Å². The highest BCUT2D eigenvalue weighted by Crippen LogP contribution is 2.42. The van der Waals surface area contributed by atoms with Crippen molar-refractivity contribution in [2.24, 2.45) is 0 Å². The Bertz CT molecular complexity index is 140. The van der Waals surface area contributed by atoms with E-state index in [9.17, 15) is 0 Å². The highest BCUT2D eigenvalue weighted by molar-refractivity contribution is 4.99. The van der Waals surface area contributed by atoms with Gasteiger partial charge in [-0.3, -0.25) is 4.90 Å². The van der Waals surface area contributed by atoms with Crippen LogP contribution in [0.4, 0.5) is 0 Å². The van der Waals surface area contributed by atoms with Crippen LogP contribution in [0.25, 0.3) is 0 Å². The molecule has 0 amide bonds. The normalized spacial score (nSPS) is 48.0. The Balaban J connectivity index is 2.21. The smallest absolute Gasteiger partial charge is 0.0181 e. The van der Waals surface area contributed by atoms with Crippen molar-refractivity contribution in [2.45, 2.75) is 50.6 Å². The Hall–Kier alpha value is -0.0400. The molecule has 0 aliphatic carbocycles. The van der Waals surface area contributed by atoms with E-state index in [0.29, 0.717) is 5.54 Å². The molecule has 2 bridgehead atoms. The molecular weight excluding hydrogens is 122 g/mol. The van der Waals surface area contributed by atoms with Crippen LogP contribution >= 0.6 is 0 Å². The van der Waals surface area contributed by atoms with E-state index in [1.165, 1.54) is 32.1 Å². The first-order valence-electron chi connectivity index (χ1n) is 4.45. The maximum Gasteiger partial charge on any atom is 0.0181 e. The van der Waals surface area contributed by atoms with Crippen LogP contribution in [0.3, 0.4) is 0 Å². The molecule has 10 heavy (non-hydrogen) atoms. The first-order chi connectivity index (χ1) is 4.72. The Kier molecular flexibility index (Phi) is 1.31. The largest absolute Gasteiger partial charge is 0.298 e. The number of nitrogens with zero attached hydrogens (tertiary/aromatic N) is 1. The summed E-state index contributed by atoms with van der Waals surface area (Å²) in [5.41, 5.74) is 0.586. The van der Waals surface area contributed by atoms with Gasteiger partial charge < -0.3 is 0 Å². The van der Waals surface area contributed by atoms with Gasteiger partial charge in [-0.25, -0.2) is 0 Å². The van der Waals surface area contributed by atoms with Gasteiger partial charge in [0.1, 0.15) is 0 Å². The van der Waals surface area contributed by atoms with Gasteiger partial charge in [0, 0.05) is 11.6 Å². The average Bonchev–Trinajstić information content (AvgIpc) is 2.18. The van der Waals surface area contributed by atoms with Gasteiger partial charge in [-0.15, -0.1) is 0 Å². The number of rotatable bonds is 0.